The zero-order chi connectivity index (χ0) is 36.6. The lowest BCUT2D eigenvalue weighted by Gasteiger charge is -2.41. The SMILES string of the molecule is CC1C(CSc2nncn2C)OC(c2ccc(-c3ccccc3CNC(=O)Nc3ccc(Oc4ccccc4)cc3)cc2)OC1c1ccc(CO)cc1. The van der Waals surface area contributed by atoms with Crippen molar-refractivity contribution in [3.05, 3.63) is 156 Å². The second kappa shape index (κ2) is 16.9. The lowest BCUT2D eigenvalue weighted by atomic mass is 9.91. The van der Waals surface area contributed by atoms with E-state index in [1.807, 2.05) is 121 Å². The van der Waals surface area contributed by atoms with E-state index in [4.69, 9.17) is 14.2 Å². The molecule has 0 radical (unpaired) electrons. The minimum absolute atomic E-state index is 0.0106. The Balaban J connectivity index is 1.01. The highest BCUT2D eigenvalue weighted by Gasteiger charge is 2.38. The number of carbonyl (C=O) groups is 1. The van der Waals surface area contributed by atoms with Gasteiger partial charge in [-0.25, -0.2) is 4.79 Å². The molecule has 270 valence electrons. The maximum absolute atomic E-state index is 12.9. The molecule has 2 amide bonds. The molecule has 2 heterocycles. The van der Waals surface area contributed by atoms with Crippen LogP contribution in [0.25, 0.3) is 11.1 Å². The molecule has 1 aromatic heterocycles. The maximum Gasteiger partial charge on any atom is 0.319 e. The van der Waals surface area contributed by atoms with Gasteiger partial charge in [0.25, 0.3) is 0 Å². The highest BCUT2D eigenvalue weighted by molar-refractivity contribution is 7.99. The van der Waals surface area contributed by atoms with Crippen LogP contribution >= 0.6 is 11.8 Å². The van der Waals surface area contributed by atoms with Crippen molar-refractivity contribution in [1.29, 1.82) is 0 Å². The van der Waals surface area contributed by atoms with Crippen molar-refractivity contribution in [1.82, 2.24) is 20.1 Å². The lowest BCUT2D eigenvalue weighted by Crippen LogP contribution is -2.38. The number of aryl methyl sites for hydroxylation is 1. The topological polar surface area (TPSA) is 120 Å². The smallest absolute Gasteiger partial charge is 0.319 e. The Morgan fingerprint density at radius 3 is 2.26 bits per heavy atom. The molecule has 1 aliphatic rings. The summed E-state index contributed by atoms with van der Waals surface area (Å²) in [6.07, 6.45) is 0.756. The van der Waals surface area contributed by atoms with Crippen molar-refractivity contribution in [2.24, 2.45) is 13.0 Å². The van der Waals surface area contributed by atoms with E-state index in [0.29, 0.717) is 23.7 Å². The zero-order valence-corrected chi connectivity index (χ0v) is 30.3. The second-order valence-electron chi connectivity index (χ2n) is 12.9. The van der Waals surface area contributed by atoms with Crippen molar-refractivity contribution in [2.45, 2.75) is 43.7 Å². The molecule has 0 aliphatic carbocycles. The van der Waals surface area contributed by atoms with Gasteiger partial charge in [0.05, 0.1) is 18.8 Å². The summed E-state index contributed by atoms with van der Waals surface area (Å²) in [5.74, 6) is 2.16. The Bertz CT molecular complexity index is 2090. The van der Waals surface area contributed by atoms with Gasteiger partial charge >= 0.3 is 6.03 Å². The number of rotatable bonds is 12. The zero-order valence-electron chi connectivity index (χ0n) is 29.5. The average Bonchev–Trinajstić information content (AvgIpc) is 3.62. The van der Waals surface area contributed by atoms with Crippen LogP contribution in [0.3, 0.4) is 0 Å². The normalized spacial score (nSPS) is 18.3. The Morgan fingerprint density at radius 1 is 0.849 bits per heavy atom. The van der Waals surface area contributed by atoms with Crippen molar-refractivity contribution in [3.8, 4) is 22.6 Å². The maximum atomic E-state index is 12.9. The number of nitrogens with zero attached hydrogens (tertiary/aromatic N) is 3. The monoisotopic (exact) mass is 727 g/mol. The third-order valence-electron chi connectivity index (χ3n) is 9.21. The van der Waals surface area contributed by atoms with Crippen LogP contribution in [-0.4, -0.2) is 37.8 Å². The predicted molar refractivity (Wildman–Crippen MR) is 205 cm³/mol. The molecule has 11 heteroatoms. The first-order valence-corrected chi connectivity index (χ1v) is 18.5. The van der Waals surface area contributed by atoms with E-state index in [-0.39, 0.29) is 30.8 Å². The molecule has 53 heavy (non-hydrogen) atoms. The number of thioether (sulfide) groups is 1. The fourth-order valence-corrected chi connectivity index (χ4v) is 7.28. The van der Waals surface area contributed by atoms with Gasteiger partial charge in [-0.15, -0.1) is 10.2 Å². The Morgan fingerprint density at radius 2 is 1.55 bits per heavy atom. The van der Waals surface area contributed by atoms with Crippen LogP contribution in [0.15, 0.2) is 139 Å². The number of hydrogen-bond acceptors (Lipinski definition) is 8. The van der Waals surface area contributed by atoms with Gasteiger partial charge in [-0.05, 0) is 64.2 Å². The third kappa shape index (κ3) is 8.95. The third-order valence-corrected chi connectivity index (χ3v) is 10.3. The van der Waals surface area contributed by atoms with Crippen LogP contribution in [0.4, 0.5) is 10.5 Å². The molecule has 0 bridgehead atoms. The summed E-state index contributed by atoms with van der Waals surface area (Å²) in [6.45, 7) is 2.48. The summed E-state index contributed by atoms with van der Waals surface area (Å²) >= 11 is 1.61. The molecular weight excluding hydrogens is 687 g/mol. The van der Waals surface area contributed by atoms with Crippen molar-refractivity contribution in [3.63, 3.8) is 0 Å². The van der Waals surface area contributed by atoms with Gasteiger partial charge < -0.3 is 34.5 Å². The van der Waals surface area contributed by atoms with Gasteiger partial charge in [0.1, 0.15) is 17.8 Å². The molecule has 3 N–H and O–H groups in total. The molecule has 7 rings (SSSR count). The average molecular weight is 728 g/mol. The van der Waals surface area contributed by atoms with E-state index >= 15 is 0 Å². The van der Waals surface area contributed by atoms with Crippen LogP contribution in [-0.2, 0) is 29.7 Å². The first-order valence-electron chi connectivity index (χ1n) is 17.5. The van der Waals surface area contributed by atoms with E-state index in [0.717, 1.165) is 44.3 Å². The van der Waals surface area contributed by atoms with Crippen LogP contribution in [0.5, 0.6) is 11.5 Å². The molecule has 0 spiro atoms. The minimum Gasteiger partial charge on any atom is -0.457 e. The van der Waals surface area contributed by atoms with Gasteiger partial charge in [0.2, 0.25) is 0 Å². The molecule has 6 aromatic rings. The molecule has 10 nitrogen and oxygen atoms in total. The molecule has 4 unspecified atom stereocenters. The van der Waals surface area contributed by atoms with Crippen LogP contribution in [0.2, 0.25) is 0 Å². The van der Waals surface area contributed by atoms with Gasteiger partial charge in [-0.1, -0.05) is 110 Å². The van der Waals surface area contributed by atoms with E-state index in [2.05, 4.69) is 46.0 Å². The van der Waals surface area contributed by atoms with Crippen LogP contribution in [0, 0.1) is 5.92 Å². The fourth-order valence-electron chi connectivity index (χ4n) is 6.23. The number of aromatic nitrogens is 3. The van der Waals surface area contributed by atoms with E-state index in [9.17, 15) is 9.90 Å². The first kappa shape index (κ1) is 35.9. The molecule has 4 atom stereocenters. The molecular formula is C42H41N5O5S. The number of aliphatic hydroxyl groups is 1. The molecule has 1 saturated heterocycles. The largest absolute Gasteiger partial charge is 0.457 e. The van der Waals surface area contributed by atoms with Crippen molar-refractivity contribution >= 4 is 23.5 Å². The summed E-state index contributed by atoms with van der Waals surface area (Å²) < 4.78 is 21.0. The van der Waals surface area contributed by atoms with Gasteiger partial charge in [-0.2, -0.15) is 0 Å². The number of anilines is 1. The number of aliphatic hydroxyl groups excluding tert-OH is 1. The number of amides is 2. The molecule has 0 saturated carbocycles. The van der Waals surface area contributed by atoms with Gasteiger partial charge in [0.15, 0.2) is 11.4 Å². The Hall–Kier alpha value is -5.46. The quantitative estimate of drug-likeness (QED) is 0.107. The van der Waals surface area contributed by atoms with E-state index in [1.165, 1.54) is 0 Å². The van der Waals surface area contributed by atoms with Crippen molar-refractivity contribution in [2.75, 3.05) is 11.1 Å². The van der Waals surface area contributed by atoms with Gasteiger partial charge in [-0.3, -0.25) is 0 Å². The number of benzene rings is 5. The number of nitrogens with one attached hydrogen (secondary N) is 2. The van der Waals surface area contributed by atoms with Crippen LogP contribution in [0.1, 0.15) is 41.6 Å². The second-order valence-corrected chi connectivity index (χ2v) is 13.9. The number of para-hydroxylation sites is 1. The summed E-state index contributed by atoms with van der Waals surface area (Å²) in [4.78, 5) is 12.9. The summed E-state index contributed by atoms with van der Waals surface area (Å²) in [5, 5.41) is 24.6. The molecule has 5 aromatic carbocycles. The highest BCUT2D eigenvalue weighted by Crippen LogP contribution is 2.43. The fraction of sp³-hybridized carbons (Fsp3) is 0.214. The van der Waals surface area contributed by atoms with Crippen LogP contribution < -0.4 is 15.4 Å². The number of urea groups is 1. The Kier molecular flexibility index (Phi) is 11.5. The standard InChI is InChI=1S/C42H41N5O5S/c1-28-38(26-53-42-46-44-27-47(42)2)51-40(52-39(28)31-14-12-29(25-48)13-15-31)32-18-16-30(17-19-32)37-11-7-6-8-33(37)24-43-41(49)45-34-20-22-36(23-21-34)50-35-9-4-3-5-10-35/h3-23,27-28,38-40,48H,24-26H2,1-2H3,(H2,43,45,49). The number of hydrogen-bond donors (Lipinski definition) is 3. The van der Waals surface area contributed by atoms with E-state index < -0.39 is 6.29 Å². The van der Waals surface area contributed by atoms with E-state index in [1.54, 1.807) is 18.1 Å². The summed E-state index contributed by atoms with van der Waals surface area (Å²) in [5.41, 5.74) is 6.46. The number of carbonyl (C=O) groups excluding carboxylic acids is 1. The van der Waals surface area contributed by atoms with Crippen molar-refractivity contribution < 1.29 is 24.1 Å². The first-order chi connectivity index (χ1) is 25.9. The lowest BCUT2D eigenvalue weighted by molar-refractivity contribution is -0.268. The minimum atomic E-state index is -0.590. The summed E-state index contributed by atoms with van der Waals surface area (Å²) in [6, 6.07) is 40.6. The molecule has 1 fully saturated rings. The molecule has 1 aliphatic heterocycles. The Labute approximate surface area is 313 Å². The number of ether oxygens (including phenoxy) is 3. The predicted octanol–water partition coefficient (Wildman–Crippen LogP) is 8.67. The highest BCUT2D eigenvalue weighted by atomic mass is 32.2. The summed E-state index contributed by atoms with van der Waals surface area (Å²) in [7, 11) is 1.93. The van der Waals surface area contributed by atoms with Gasteiger partial charge in [0, 0.05) is 36.5 Å².